The van der Waals surface area contributed by atoms with E-state index in [1.807, 2.05) is 0 Å². The minimum atomic E-state index is -0.207. The average Bonchev–Trinajstić information content (AvgIpc) is 2.34. The molecule has 0 atom stereocenters. The summed E-state index contributed by atoms with van der Waals surface area (Å²) in [5, 5.41) is 7.49. The summed E-state index contributed by atoms with van der Waals surface area (Å²) in [6.45, 7) is 5.64. The van der Waals surface area contributed by atoms with Gasteiger partial charge in [0.25, 0.3) is 5.56 Å². The minimum absolute atomic E-state index is 0.207. The van der Waals surface area contributed by atoms with E-state index >= 15 is 0 Å². The maximum absolute atomic E-state index is 11.9. The van der Waals surface area contributed by atoms with Gasteiger partial charge in [-0.25, -0.2) is 4.68 Å². The van der Waals surface area contributed by atoms with Crippen molar-refractivity contribution < 1.29 is 0 Å². The molecule has 4 nitrogen and oxygen atoms in total. The van der Waals surface area contributed by atoms with E-state index in [4.69, 9.17) is 11.6 Å². The van der Waals surface area contributed by atoms with E-state index < -0.39 is 0 Å². The Morgan fingerprint density at radius 2 is 2.06 bits per heavy atom. The Bertz CT molecular complexity index is 403. The smallest absolute Gasteiger partial charge is 0.287 e. The average molecular weight is 258 g/mol. The second-order valence-corrected chi connectivity index (χ2v) is 4.41. The molecule has 17 heavy (non-hydrogen) atoms. The Hall–Kier alpha value is -1.03. The Morgan fingerprint density at radius 1 is 1.35 bits per heavy atom. The van der Waals surface area contributed by atoms with Gasteiger partial charge >= 0.3 is 0 Å². The highest BCUT2D eigenvalue weighted by Crippen LogP contribution is 2.15. The van der Waals surface area contributed by atoms with Crippen molar-refractivity contribution in [3.05, 3.63) is 21.6 Å². The van der Waals surface area contributed by atoms with Crippen LogP contribution in [0.25, 0.3) is 0 Å². The van der Waals surface area contributed by atoms with Crippen LogP contribution in [0.5, 0.6) is 0 Å². The molecule has 0 spiro atoms. The van der Waals surface area contributed by atoms with Gasteiger partial charge in [-0.3, -0.25) is 4.79 Å². The molecule has 0 aliphatic carbocycles. The molecule has 5 heteroatoms. The summed E-state index contributed by atoms with van der Waals surface area (Å²) in [7, 11) is 0. The third kappa shape index (κ3) is 4.04. The Kier molecular flexibility index (Phi) is 6.05. The molecule has 1 aromatic heterocycles. The predicted molar refractivity (Wildman–Crippen MR) is 71.8 cm³/mol. The van der Waals surface area contributed by atoms with Crippen LogP contribution in [-0.4, -0.2) is 16.3 Å². The highest BCUT2D eigenvalue weighted by molar-refractivity contribution is 6.32. The van der Waals surface area contributed by atoms with Crippen LogP contribution in [0.1, 0.15) is 39.5 Å². The van der Waals surface area contributed by atoms with Crippen LogP contribution in [0.4, 0.5) is 5.69 Å². The molecular formula is C12H20ClN3O. The van der Waals surface area contributed by atoms with Gasteiger partial charge in [0.05, 0.1) is 11.9 Å². The monoisotopic (exact) mass is 257 g/mol. The number of aromatic nitrogens is 2. The zero-order valence-corrected chi connectivity index (χ0v) is 11.3. The van der Waals surface area contributed by atoms with Gasteiger partial charge in [0.1, 0.15) is 5.02 Å². The van der Waals surface area contributed by atoms with E-state index in [-0.39, 0.29) is 10.6 Å². The first-order valence-electron chi connectivity index (χ1n) is 6.20. The standard InChI is InChI=1S/C12H20ClN3O/c1-3-5-7-14-10-9-15-16(8-6-4-2)12(17)11(10)13/h9,14H,3-8H2,1-2H3. The summed E-state index contributed by atoms with van der Waals surface area (Å²) in [5.74, 6) is 0. The molecule has 96 valence electrons. The lowest BCUT2D eigenvalue weighted by atomic mass is 10.3. The van der Waals surface area contributed by atoms with Crippen LogP contribution in [0, 0.1) is 0 Å². The number of unbranched alkanes of at least 4 members (excludes halogenated alkanes) is 2. The topological polar surface area (TPSA) is 46.9 Å². The normalized spacial score (nSPS) is 10.5. The lowest BCUT2D eigenvalue weighted by Crippen LogP contribution is -2.24. The largest absolute Gasteiger partial charge is 0.382 e. The van der Waals surface area contributed by atoms with Crippen LogP contribution in [0.2, 0.25) is 5.02 Å². The summed E-state index contributed by atoms with van der Waals surface area (Å²) in [5.41, 5.74) is 0.430. The fourth-order valence-electron chi connectivity index (χ4n) is 1.46. The van der Waals surface area contributed by atoms with Crippen LogP contribution < -0.4 is 10.9 Å². The molecule has 0 radical (unpaired) electrons. The SMILES string of the molecule is CCCCNc1cnn(CCCC)c(=O)c1Cl. The van der Waals surface area contributed by atoms with Gasteiger partial charge in [-0.05, 0) is 12.8 Å². The van der Waals surface area contributed by atoms with E-state index in [1.165, 1.54) is 4.68 Å². The molecular weight excluding hydrogens is 238 g/mol. The second kappa shape index (κ2) is 7.33. The summed E-state index contributed by atoms with van der Waals surface area (Å²) in [6.07, 6.45) is 5.75. The van der Waals surface area contributed by atoms with E-state index in [9.17, 15) is 4.79 Å². The molecule has 1 aromatic rings. The maximum atomic E-state index is 11.9. The number of anilines is 1. The summed E-state index contributed by atoms with van der Waals surface area (Å²) >= 11 is 6.02. The Balaban J connectivity index is 2.76. The van der Waals surface area contributed by atoms with Crippen molar-refractivity contribution >= 4 is 17.3 Å². The molecule has 0 saturated heterocycles. The van der Waals surface area contributed by atoms with Gasteiger partial charge in [-0.2, -0.15) is 5.10 Å². The van der Waals surface area contributed by atoms with Crippen LogP contribution in [0.15, 0.2) is 11.0 Å². The molecule has 0 unspecified atom stereocenters. The van der Waals surface area contributed by atoms with Crippen molar-refractivity contribution in [3.63, 3.8) is 0 Å². The van der Waals surface area contributed by atoms with Crippen molar-refractivity contribution in [2.75, 3.05) is 11.9 Å². The molecule has 0 bridgehead atoms. The predicted octanol–water partition coefficient (Wildman–Crippen LogP) is 2.91. The zero-order chi connectivity index (χ0) is 12.7. The van der Waals surface area contributed by atoms with Crippen LogP contribution in [0.3, 0.4) is 0 Å². The molecule has 0 aromatic carbocycles. The lowest BCUT2D eigenvalue weighted by Gasteiger charge is -2.09. The number of hydrogen-bond donors (Lipinski definition) is 1. The van der Waals surface area contributed by atoms with Gasteiger partial charge in [0, 0.05) is 13.1 Å². The first-order valence-corrected chi connectivity index (χ1v) is 6.58. The van der Waals surface area contributed by atoms with E-state index in [0.717, 1.165) is 32.2 Å². The Labute approximate surface area is 107 Å². The van der Waals surface area contributed by atoms with Crippen LogP contribution >= 0.6 is 11.6 Å². The van der Waals surface area contributed by atoms with Gasteiger partial charge < -0.3 is 5.32 Å². The first-order chi connectivity index (χ1) is 8.20. The number of rotatable bonds is 7. The van der Waals surface area contributed by atoms with Crippen molar-refractivity contribution in [2.45, 2.75) is 46.1 Å². The summed E-state index contributed by atoms with van der Waals surface area (Å²) in [4.78, 5) is 11.9. The van der Waals surface area contributed by atoms with Gasteiger partial charge in [-0.15, -0.1) is 0 Å². The van der Waals surface area contributed by atoms with E-state index in [0.29, 0.717) is 12.2 Å². The highest BCUT2D eigenvalue weighted by atomic mass is 35.5. The molecule has 1 rings (SSSR count). The van der Waals surface area contributed by atoms with Gasteiger partial charge in [0.2, 0.25) is 0 Å². The fraction of sp³-hybridized carbons (Fsp3) is 0.667. The highest BCUT2D eigenvalue weighted by Gasteiger charge is 2.08. The number of nitrogens with zero attached hydrogens (tertiary/aromatic N) is 2. The first kappa shape index (κ1) is 14.0. The van der Waals surface area contributed by atoms with Crippen molar-refractivity contribution in [1.29, 1.82) is 0 Å². The zero-order valence-electron chi connectivity index (χ0n) is 10.5. The number of halogens is 1. The summed E-state index contributed by atoms with van der Waals surface area (Å²) in [6, 6.07) is 0. The molecule has 1 heterocycles. The van der Waals surface area contributed by atoms with Crippen molar-refractivity contribution in [1.82, 2.24) is 9.78 Å². The number of aryl methyl sites for hydroxylation is 1. The third-order valence-electron chi connectivity index (χ3n) is 2.55. The van der Waals surface area contributed by atoms with Gasteiger partial charge in [0.15, 0.2) is 0 Å². The maximum Gasteiger partial charge on any atom is 0.287 e. The number of hydrogen-bond acceptors (Lipinski definition) is 3. The molecule has 0 aliphatic rings. The molecule has 0 saturated carbocycles. The minimum Gasteiger partial charge on any atom is -0.382 e. The van der Waals surface area contributed by atoms with Gasteiger partial charge in [-0.1, -0.05) is 38.3 Å². The molecule has 0 fully saturated rings. The Morgan fingerprint density at radius 3 is 2.71 bits per heavy atom. The second-order valence-electron chi connectivity index (χ2n) is 4.03. The fourth-order valence-corrected chi connectivity index (χ4v) is 1.67. The van der Waals surface area contributed by atoms with E-state index in [1.54, 1.807) is 6.20 Å². The van der Waals surface area contributed by atoms with Crippen molar-refractivity contribution in [2.24, 2.45) is 0 Å². The molecule has 1 N–H and O–H groups in total. The summed E-state index contributed by atoms with van der Waals surface area (Å²) < 4.78 is 1.43. The quantitative estimate of drug-likeness (QED) is 0.764. The van der Waals surface area contributed by atoms with Crippen molar-refractivity contribution in [3.8, 4) is 0 Å². The molecule has 0 aliphatic heterocycles. The van der Waals surface area contributed by atoms with Crippen LogP contribution in [-0.2, 0) is 6.54 Å². The molecule has 0 amide bonds. The third-order valence-corrected chi connectivity index (χ3v) is 2.92. The number of nitrogens with one attached hydrogen (secondary N) is 1. The lowest BCUT2D eigenvalue weighted by molar-refractivity contribution is 0.543. The van der Waals surface area contributed by atoms with E-state index in [2.05, 4.69) is 24.3 Å².